The van der Waals surface area contributed by atoms with E-state index < -0.39 is 0 Å². The number of fused-ring (bicyclic) bond motifs is 2. The Morgan fingerprint density at radius 1 is 1.00 bits per heavy atom. The molecule has 0 atom stereocenters. The molecule has 6 rings (SSSR count). The summed E-state index contributed by atoms with van der Waals surface area (Å²) >= 11 is 0. The molecule has 4 heterocycles. The molecular formula is C30H34N6O. The molecule has 3 aromatic heterocycles. The second-order valence-corrected chi connectivity index (χ2v) is 9.90. The number of nitrogens with one attached hydrogen (secondary N) is 1. The fraction of sp³-hybridized carbons (Fsp3) is 0.333. The third-order valence-corrected chi connectivity index (χ3v) is 7.83. The van der Waals surface area contributed by atoms with Crippen molar-refractivity contribution in [2.45, 2.75) is 26.7 Å². The van der Waals surface area contributed by atoms with E-state index in [1.807, 2.05) is 18.6 Å². The number of pyridine rings is 2. The molecule has 0 bridgehead atoms. The molecule has 1 aliphatic heterocycles. The van der Waals surface area contributed by atoms with E-state index in [0.29, 0.717) is 6.42 Å². The Bertz CT molecular complexity index is 1450. The van der Waals surface area contributed by atoms with Crippen LogP contribution in [0, 0.1) is 6.92 Å². The van der Waals surface area contributed by atoms with Crippen LogP contribution < -0.4 is 10.2 Å². The van der Waals surface area contributed by atoms with Crippen molar-refractivity contribution in [3.8, 4) is 11.1 Å². The maximum atomic E-state index is 9.39. The maximum absolute atomic E-state index is 9.39. The summed E-state index contributed by atoms with van der Waals surface area (Å²) in [6.07, 6.45) is 9.69. The summed E-state index contributed by atoms with van der Waals surface area (Å²) in [6, 6.07) is 13.1. The molecule has 2 aliphatic rings. The standard InChI is InChI=1S/C30H34N6O/c1-3-34-13-15-35(16-14-34)25-7-9-29(32-20-25)33-28-19-27(21(2)36-12-11-31-30(28)36)24-6-8-26-22(10-17-37)4-5-23(26)18-24/h4,6-9,11-12,18-20,37H,3,5,10,13-17H2,1-2H3,(H,32,33). The van der Waals surface area contributed by atoms with E-state index in [-0.39, 0.29) is 6.61 Å². The molecular weight excluding hydrogens is 460 g/mol. The molecule has 37 heavy (non-hydrogen) atoms. The van der Waals surface area contributed by atoms with E-state index in [1.54, 1.807) is 0 Å². The van der Waals surface area contributed by atoms with Gasteiger partial charge in [0, 0.05) is 56.4 Å². The third-order valence-electron chi connectivity index (χ3n) is 7.83. The van der Waals surface area contributed by atoms with Crippen molar-refractivity contribution in [1.29, 1.82) is 0 Å². The number of hydrogen-bond acceptors (Lipinski definition) is 6. The van der Waals surface area contributed by atoms with Crippen molar-refractivity contribution >= 4 is 28.4 Å². The topological polar surface area (TPSA) is 68.9 Å². The number of imidazole rings is 1. The normalized spacial score (nSPS) is 15.8. The average Bonchev–Trinajstić information content (AvgIpc) is 3.59. The lowest BCUT2D eigenvalue weighted by atomic mass is 9.96. The summed E-state index contributed by atoms with van der Waals surface area (Å²) in [5, 5.41) is 12.9. The molecule has 0 saturated carbocycles. The molecule has 0 spiro atoms. The van der Waals surface area contributed by atoms with Crippen molar-refractivity contribution in [2.75, 3.05) is 49.5 Å². The zero-order valence-corrected chi connectivity index (χ0v) is 21.6. The van der Waals surface area contributed by atoms with Gasteiger partial charge in [-0.15, -0.1) is 0 Å². The Morgan fingerprint density at radius 2 is 1.86 bits per heavy atom. The number of nitrogens with zero attached hydrogens (tertiary/aromatic N) is 5. The van der Waals surface area contributed by atoms with Crippen molar-refractivity contribution in [3.63, 3.8) is 0 Å². The molecule has 4 aromatic rings. The molecule has 1 aromatic carbocycles. The number of hydrogen-bond donors (Lipinski definition) is 2. The molecule has 1 aliphatic carbocycles. The maximum Gasteiger partial charge on any atom is 0.160 e. The molecule has 0 unspecified atom stereocenters. The van der Waals surface area contributed by atoms with Crippen LogP contribution in [0.4, 0.5) is 17.2 Å². The summed E-state index contributed by atoms with van der Waals surface area (Å²) < 4.78 is 2.14. The number of likely N-dealkylation sites (N-methyl/N-ethyl adjacent to an activating group) is 1. The molecule has 1 fully saturated rings. The van der Waals surface area contributed by atoms with Crippen LogP contribution in [0.1, 0.15) is 30.2 Å². The third kappa shape index (κ3) is 4.49. The zero-order valence-electron chi connectivity index (χ0n) is 21.6. The fourth-order valence-corrected chi connectivity index (χ4v) is 5.65. The summed E-state index contributed by atoms with van der Waals surface area (Å²) in [6.45, 7) is 9.94. The van der Waals surface area contributed by atoms with Crippen LogP contribution >= 0.6 is 0 Å². The lowest BCUT2D eigenvalue weighted by Gasteiger charge is -2.35. The van der Waals surface area contributed by atoms with Gasteiger partial charge in [0.1, 0.15) is 5.82 Å². The number of benzene rings is 1. The molecule has 7 nitrogen and oxygen atoms in total. The number of anilines is 3. The van der Waals surface area contributed by atoms with Crippen molar-refractivity contribution in [1.82, 2.24) is 19.3 Å². The van der Waals surface area contributed by atoms with Gasteiger partial charge >= 0.3 is 0 Å². The zero-order chi connectivity index (χ0) is 25.4. The van der Waals surface area contributed by atoms with Crippen LogP contribution in [0.3, 0.4) is 0 Å². The van der Waals surface area contributed by atoms with Crippen molar-refractivity contribution in [3.05, 3.63) is 77.9 Å². The minimum atomic E-state index is 0.183. The van der Waals surface area contributed by atoms with E-state index in [0.717, 1.165) is 67.6 Å². The lowest BCUT2D eigenvalue weighted by molar-refractivity contribution is 0.271. The predicted octanol–water partition coefficient (Wildman–Crippen LogP) is 4.91. The molecule has 0 amide bonds. The first kappa shape index (κ1) is 23.7. The number of piperazine rings is 1. The molecule has 7 heteroatoms. The van der Waals surface area contributed by atoms with Crippen molar-refractivity contribution in [2.24, 2.45) is 0 Å². The Labute approximate surface area is 218 Å². The first-order chi connectivity index (χ1) is 18.1. The van der Waals surface area contributed by atoms with Crippen LogP contribution in [0.15, 0.2) is 61.1 Å². The van der Waals surface area contributed by atoms with Gasteiger partial charge in [0.2, 0.25) is 0 Å². The second-order valence-electron chi connectivity index (χ2n) is 9.90. The molecule has 190 valence electrons. The van der Waals surface area contributed by atoms with E-state index >= 15 is 0 Å². The van der Waals surface area contributed by atoms with Crippen LogP contribution in [0.5, 0.6) is 0 Å². The van der Waals surface area contributed by atoms with Gasteiger partial charge in [-0.1, -0.05) is 31.2 Å². The van der Waals surface area contributed by atoms with Gasteiger partial charge in [0.25, 0.3) is 0 Å². The number of rotatable bonds is 7. The molecule has 2 N–H and O–H groups in total. The summed E-state index contributed by atoms with van der Waals surface area (Å²) in [5.74, 6) is 0.808. The highest BCUT2D eigenvalue weighted by molar-refractivity contribution is 5.83. The fourth-order valence-electron chi connectivity index (χ4n) is 5.65. The SMILES string of the molecule is CCN1CCN(c2ccc(Nc3cc(-c4ccc5c(c4)CC=C5CCO)c(C)n4ccnc34)nc2)CC1. The number of allylic oxidation sites excluding steroid dienone is 1. The minimum Gasteiger partial charge on any atom is -0.396 e. The van der Waals surface area contributed by atoms with Gasteiger partial charge in [0.05, 0.1) is 17.6 Å². The summed E-state index contributed by atoms with van der Waals surface area (Å²) in [4.78, 5) is 14.3. The lowest BCUT2D eigenvalue weighted by Crippen LogP contribution is -2.46. The first-order valence-corrected chi connectivity index (χ1v) is 13.2. The smallest absolute Gasteiger partial charge is 0.160 e. The predicted molar refractivity (Wildman–Crippen MR) is 151 cm³/mol. The van der Waals surface area contributed by atoms with Crippen LogP contribution in [0.25, 0.3) is 22.3 Å². The van der Waals surface area contributed by atoms with E-state index in [4.69, 9.17) is 4.98 Å². The molecule has 0 radical (unpaired) electrons. The summed E-state index contributed by atoms with van der Waals surface area (Å²) in [7, 11) is 0. The van der Waals surface area contributed by atoms with Crippen LogP contribution in [-0.2, 0) is 6.42 Å². The van der Waals surface area contributed by atoms with Crippen molar-refractivity contribution < 1.29 is 5.11 Å². The van der Waals surface area contributed by atoms with Gasteiger partial charge in [-0.3, -0.25) is 0 Å². The number of aryl methyl sites for hydroxylation is 1. The van der Waals surface area contributed by atoms with E-state index in [1.165, 1.54) is 28.0 Å². The van der Waals surface area contributed by atoms with Gasteiger partial charge < -0.3 is 24.6 Å². The first-order valence-electron chi connectivity index (χ1n) is 13.2. The minimum absolute atomic E-state index is 0.183. The quantitative estimate of drug-likeness (QED) is 0.380. The van der Waals surface area contributed by atoms with Crippen LogP contribution in [0.2, 0.25) is 0 Å². The Hall–Kier alpha value is -3.68. The van der Waals surface area contributed by atoms with E-state index in [2.05, 4.69) is 80.8 Å². The Kier molecular flexibility index (Phi) is 6.40. The Balaban J connectivity index is 1.28. The average molecular weight is 495 g/mol. The second kappa shape index (κ2) is 10.00. The van der Waals surface area contributed by atoms with Gasteiger partial charge in [-0.25, -0.2) is 9.97 Å². The highest BCUT2D eigenvalue weighted by atomic mass is 16.3. The van der Waals surface area contributed by atoms with E-state index in [9.17, 15) is 5.11 Å². The number of aliphatic hydroxyl groups is 1. The van der Waals surface area contributed by atoms with Gasteiger partial charge in [-0.2, -0.15) is 0 Å². The van der Waals surface area contributed by atoms with Gasteiger partial charge in [-0.05, 0) is 66.8 Å². The van der Waals surface area contributed by atoms with Gasteiger partial charge in [0.15, 0.2) is 5.65 Å². The number of aromatic nitrogens is 3. The number of aliphatic hydroxyl groups excluding tert-OH is 1. The monoisotopic (exact) mass is 494 g/mol. The highest BCUT2D eigenvalue weighted by Gasteiger charge is 2.18. The van der Waals surface area contributed by atoms with Crippen LogP contribution in [-0.4, -0.2) is 63.7 Å². The summed E-state index contributed by atoms with van der Waals surface area (Å²) in [5.41, 5.74) is 10.3. The molecule has 1 saturated heterocycles. The Morgan fingerprint density at radius 3 is 2.62 bits per heavy atom. The highest BCUT2D eigenvalue weighted by Crippen LogP contribution is 2.36. The largest absolute Gasteiger partial charge is 0.396 e.